The van der Waals surface area contributed by atoms with E-state index in [0.29, 0.717) is 11.1 Å². The highest BCUT2D eigenvalue weighted by molar-refractivity contribution is 9.10. The summed E-state index contributed by atoms with van der Waals surface area (Å²) in [4.78, 5) is 0. The van der Waals surface area contributed by atoms with Crippen molar-refractivity contribution in [1.82, 2.24) is 5.16 Å². The molecule has 2 aromatic carbocycles. The summed E-state index contributed by atoms with van der Waals surface area (Å²) in [7, 11) is 0. The van der Waals surface area contributed by atoms with Crippen LogP contribution in [0, 0.1) is 11.6 Å². The van der Waals surface area contributed by atoms with Crippen LogP contribution in [-0.2, 0) is 0 Å². The molecule has 0 aliphatic heterocycles. The minimum atomic E-state index is -0.994. The number of halogens is 3. The summed E-state index contributed by atoms with van der Waals surface area (Å²) >= 11 is 3.33. The molecule has 0 amide bonds. The lowest BCUT2D eigenvalue weighted by Crippen LogP contribution is -1.92. The van der Waals surface area contributed by atoms with E-state index in [9.17, 15) is 8.78 Å². The highest BCUT2D eigenvalue weighted by atomic mass is 79.9. The van der Waals surface area contributed by atoms with Gasteiger partial charge in [0.1, 0.15) is 0 Å². The van der Waals surface area contributed by atoms with Crippen LogP contribution in [0.4, 0.5) is 14.6 Å². The second-order valence-corrected chi connectivity index (χ2v) is 5.30. The zero-order valence-electron chi connectivity index (χ0n) is 10.6. The smallest absolute Gasteiger partial charge is 0.179 e. The molecule has 1 aromatic heterocycles. The van der Waals surface area contributed by atoms with Crippen LogP contribution in [-0.4, -0.2) is 5.16 Å². The molecule has 0 atom stereocenters. The molecule has 0 bridgehead atoms. The van der Waals surface area contributed by atoms with E-state index in [1.807, 2.05) is 12.1 Å². The number of nitrogen functional groups attached to an aromatic ring is 1. The summed E-state index contributed by atoms with van der Waals surface area (Å²) in [6.07, 6.45) is 0. The Labute approximate surface area is 127 Å². The van der Waals surface area contributed by atoms with Gasteiger partial charge in [-0.3, -0.25) is 0 Å². The van der Waals surface area contributed by atoms with E-state index >= 15 is 0 Å². The Morgan fingerprint density at radius 2 is 1.76 bits per heavy atom. The third-order valence-corrected chi connectivity index (χ3v) is 3.58. The Kier molecular flexibility index (Phi) is 3.47. The van der Waals surface area contributed by atoms with Crippen molar-refractivity contribution in [2.75, 3.05) is 5.73 Å². The fourth-order valence-electron chi connectivity index (χ4n) is 2.06. The van der Waals surface area contributed by atoms with Gasteiger partial charge in [-0.05, 0) is 29.8 Å². The van der Waals surface area contributed by atoms with Gasteiger partial charge in [-0.15, -0.1) is 0 Å². The second kappa shape index (κ2) is 5.29. The molecule has 6 heteroatoms. The summed E-state index contributed by atoms with van der Waals surface area (Å²) < 4.78 is 33.3. The van der Waals surface area contributed by atoms with Crippen LogP contribution in [0.1, 0.15) is 0 Å². The number of nitrogens with two attached hydrogens (primary N) is 1. The molecule has 0 radical (unpaired) electrons. The largest absolute Gasteiger partial charge is 0.380 e. The van der Waals surface area contributed by atoms with Crippen molar-refractivity contribution in [1.29, 1.82) is 0 Å². The lowest BCUT2D eigenvalue weighted by molar-refractivity contribution is 0.430. The summed E-state index contributed by atoms with van der Waals surface area (Å²) in [5.74, 6) is -1.72. The fraction of sp³-hybridized carbons (Fsp3) is 0. The van der Waals surface area contributed by atoms with E-state index in [1.54, 1.807) is 12.1 Å². The van der Waals surface area contributed by atoms with Crippen molar-refractivity contribution in [2.45, 2.75) is 0 Å². The van der Waals surface area contributed by atoms with Gasteiger partial charge in [-0.1, -0.05) is 39.3 Å². The highest BCUT2D eigenvalue weighted by Gasteiger charge is 2.21. The molecule has 3 aromatic rings. The average molecular weight is 351 g/mol. The maximum absolute atomic E-state index is 13.9. The van der Waals surface area contributed by atoms with Crippen LogP contribution in [0.5, 0.6) is 0 Å². The van der Waals surface area contributed by atoms with Crippen LogP contribution >= 0.6 is 15.9 Å². The van der Waals surface area contributed by atoms with Crippen LogP contribution in [0.25, 0.3) is 22.5 Å². The number of aromatic nitrogens is 1. The Morgan fingerprint density at radius 1 is 1.05 bits per heavy atom. The van der Waals surface area contributed by atoms with E-state index < -0.39 is 11.6 Å². The molecule has 0 aliphatic rings. The van der Waals surface area contributed by atoms with Crippen molar-refractivity contribution in [3.63, 3.8) is 0 Å². The van der Waals surface area contributed by atoms with Crippen molar-refractivity contribution < 1.29 is 13.3 Å². The predicted octanol–water partition coefficient (Wildman–Crippen LogP) is 4.63. The zero-order valence-corrected chi connectivity index (χ0v) is 12.2. The molecule has 0 saturated heterocycles. The highest BCUT2D eigenvalue weighted by Crippen LogP contribution is 2.38. The first-order chi connectivity index (χ1) is 10.1. The number of anilines is 1. The average Bonchev–Trinajstić information content (AvgIpc) is 2.85. The van der Waals surface area contributed by atoms with Gasteiger partial charge < -0.3 is 10.3 Å². The van der Waals surface area contributed by atoms with Gasteiger partial charge >= 0.3 is 0 Å². The Balaban J connectivity index is 2.22. The minimum Gasteiger partial charge on any atom is -0.380 e. The quantitative estimate of drug-likeness (QED) is 0.732. The topological polar surface area (TPSA) is 52.0 Å². The first-order valence-electron chi connectivity index (χ1n) is 6.03. The first-order valence-corrected chi connectivity index (χ1v) is 6.82. The van der Waals surface area contributed by atoms with E-state index in [1.165, 1.54) is 12.1 Å². The standard InChI is InChI=1S/C15H9BrF2N2O/c16-9-6-4-8(5-7-9)12-14(21-20-15(12)19)10-2-1-3-11(17)13(10)18/h1-7H,(H2,19,20). The molecule has 0 unspecified atom stereocenters. The van der Waals surface area contributed by atoms with E-state index in [-0.39, 0.29) is 17.1 Å². The third kappa shape index (κ3) is 2.42. The van der Waals surface area contributed by atoms with Crippen LogP contribution in [0.2, 0.25) is 0 Å². The van der Waals surface area contributed by atoms with Crippen LogP contribution in [0.15, 0.2) is 51.5 Å². The summed E-state index contributed by atoms with van der Waals surface area (Å²) in [6, 6.07) is 11.1. The number of rotatable bonds is 2. The monoisotopic (exact) mass is 350 g/mol. The van der Waals surface area contributed by atoms with Crippen molar-refractivity contribution in [2.24, 2.45) is 0 Å². The lowest BCUT2D eigenvalue weighted by atomic mass is 10.0. The molecule has 106 valence electrons. The fourth-order valence-corrected chi connectivity index (χ4v) is 2.33. The molecular weight excluding hydrogens is 342 g/mol. The van der Waals surface area contributed by atoms with Crippen LogP contribution < -0.4 is 5.73 Å². The summed E-state index contributed by atoms with van der Waals surface area (Å²) in [6.45, 7) is 0. The molecule has 0 spiro atoms. The maximum atomic E-state index is 13.9. The van der Waals surface area contributed by atoms with Gasteiger partial charge in [-0.2, -0.15) is 0 Å². The molecule has 0 saturated carbocycles. The predicted molar refractivity (Wildman–Crippen MR) is 79.4 cm³/mol. The van der Waals surface area contributed by atoms with Gasteiger partial charge in [-0.25, -0.2) is 8.78 Å². The molecule has 2 N–H and O–H groups in total. The normalized spacial score (nSPS) is 10.8. The molecular formula is C15H9BrF2N2O. The van der Waals surface area contributed by atoms with Gasteiger partial charge in [0, 0.05) is 4.47 Å². The number of hydrogen-bond acceptors (Lipinski definition) is 3. The van der Waals surface area contributed by atoms with Gasteiger partial charge in [0.15, 0.2) is 23.2 Å². The minimum absolute atomic E-state index is 0.0166. The van der Waals surface area contributed by atoms with Crippen molar-refractivity contribution >= 4 is 21.7 Å². The maximum Gasteiger partial charge on any atom is 0.179 e. The molecule has 1 heterocycles. The van der Waals surface area contributed by atoms with Crippen LogP contribution in [0.3, 0.4) is 0 Å². The number of benzene rings is 2. The third-order valence-electron chi connectivity index (χ3n) is 3.05. The molecule has 3 rings (SSSR count). The SMILES string of the molecule is Nc1noc(-c2cccc(F)c2F)c1-c1ccc(Br)cc1. The first kappa shape index (κ1) is 13.8. The van der Waals surface area contributed by atoms with Gasteiger partial charge in [0.05, 0.1) is 11.1 Å². The Bertz CT molecular complexity index is 800. The molecule has 3 nitrogen and oxygen atoms in total. The van der Waals surface area contributed by atoms with Gasteiger partial charge in [0.2, 0.25) is 0 Å². The van der Waals surface area contributed by atoms with Crippen molar-refractivity contribution in [3.8, 4) is 22.5 Å². The Morgan fingerprint density at radius 3 is 2.48 bits per heavy atom. The van der Waals surface area contributed by atoms with E-state index in [0.717, 1.165) is 10.5 Å². The molecule has 0 aliphatic carbocycles. The molecule has 21 heavy (non-hydrogen) atoms. The van der Waals surface area contributed by atoms with E-state index in [4.69, 9.17) is 10.3 Å². The lowest BCUT2D eigenvalue weighted by Gasteiger charge is -2.04. The van der Waals surface area contributed by atoms with E-state index in [2.05, 4.69) is 21.1 Å². The van der Waals surface area contributed by atoms with Crippen molar-refractivity contribution in [3.05, 3.63) is 58.6 Å². The summed E-state index contributed by atoms with van der Waals surface area (Å²) in [5.41, 5.74) is 6.93. The number of hydrogen-bond donors (Lipinski definition) is 1. The molecule has 0 fully saturated rings. The zero-order chi connectivity index (χ0) is 15.0. The summed E-state index contributed by atoms with van der Waals surface area (Å²) in [5, 5.41) is 3.66. The number of nitrogens with zero attached hydrogens (tertiary/aromatic N) is 1. The van der Waals surface area contributed by atoms with Gasteiger partial charge in [0.25, 0.3) is 0 Å². The Hall–Kier alpha value is -2.21. The second-order valence-electron chi connectivity index (χ2n) is 4.38.